The number of carbonyl (C=O) groups is 2. The second kappa shape index (κ2) is 4.35. The van der Waals surface area contributed by atoms with Gasteiger partial charge in [0.25, 0.3) is 5.91 Å². The predicted molar refractivity (Wildman–Crippen MR) is 68.3 cm³/mol. The molecule has 1 aliphatic rings. The monoisotopic (exact) mass is 255 g/mol. The fourth-order valence-corrected chi connectivity index (χ4v) is 2.39. The Morgan fingerprint density at radius 2 is 2.11 bits per heavy atom. The summed E-state index contributed by atoms with van der Waals surface area (Å²) in [7, 11) is 0. The molecule has 0 bridgehead atoms. The number of aromatic nitrogens is 2. The highest BCUT2D eigenvalue weighted by atomic mass is 16.2. The Morgan fingerprint density at radius 3 is 2.84 bits per heavy atom. The third kappa shape index (κ3) is 1.83. The van der Waals surface area contributed by atoms with Gasteiger partial charge in [0.15, 0.2) is 0 Å². The van der Waals surface area contributed by atoms with Crippen molar-refractivity contribution in [3.63, 3.8) is 0 Å². The number of amides is 2. The maximum Gasteiger partial charge on any atom is 0.261 e. The Morgan fingerprint density at radius 1 is 1.32 bits per heavy atom. The highest BCUT2D eigenvalue weighted by molar-refractivity contribution is 6.09. The molecule has 0 spiro atoms. The number of hydrogen-bond donors (Lipinski definition) is 1. The van der Waals surface area contributed by atoms with Gasteiger partial charge >= 0.3 is 0 Å². The van der Waals surface area contributed by atoms with Crippen LogP contribution in [0.4, 0.5) is 0 Å². The number of H-pyrrole nitrogens is 1. The van der Waals surface area contributed by atoms with Gasteiger partial charge in [-0.25, -0.2) is 4.98 Å². The molecule has 0 saturated heterocycles. The maximum absolute atomic E-state index is 12.4. The van der Waals surface area contributed by atoms with Gasteiger partial charge in [0, 0.05) is 18.0 Å². The lowest BCUT2D eigenvalue weighted by molar-refractivity contribution is -0.130. The summed E-state index contributed by atoms with van der Waals surface area (Å²) in [5.41, 5.74) is 1.39. The lowest BCUT2D eigenvalue weighted by Crippen LogP contribution is -2.44. The normalized spacial score (nSPS) is 16.4. The summed E-state index contributed by atoms with van der Waals surface area (Å²) in [4.78, 5) is 32.9. The van der Waals surface area contributed by atoms with Crippen LogP contribution in [-0.4, -0.2) is 26.7 Å². The van der Waals surface area contributed by atoms with Crippen molar-refractivity contribution in [3.05, 3.63) is 53.6 Å². The molecule has 3 rings (SSSR count). The number of aromatic amines is 1. The Kier molecular flexibility index (Phi) is 2.67. The number of rotatable bonds is 2. The Balaban J connectivity index is 2.00. The molecule has 0 fully saturated rings. The molecule has 5 heteroatoms. The van der Waals surface area contributed by atoms with Crippen molar-refractivity contribution >= 4 is 11.8 Å². The maximum atomic E-state index is 12.4. The first-order valence-corrected chi connectivity index (χ1v) is 6.12. The lowest BCUT2D eigenvalue weighted by atomic mass is 9.97. The van der Waals surface area contributed by atoms with E-state index in [0.29, 0.717) is 11.4 Å². The van der Waals surface area contributed by atoms with Crippen LogP contribution >= 0.6 is 0 Å². The second-order valence-electron chi connectivity index (χ2n) is 4.55. The van der Waals surface area contributed by atoms with Crippen LogP contribution in [0.1, 0.15) is 34.7 Å². The average Bonchev–Trinajstić information content (AvgIpc) is 2.92. The molecule has 0 aliphatic carbocycles. The van der Waals surface area contributed by atoms with Crippen molar-refractivity contribution in [2.45, 2.75) is 19.4 Å². The molecule has 2 amide bonds. The zero-order chi connectivity index (χ0) is 13.4. The van der Waals surface area contributed by atoms with Gasteiger partial charge in [-0.2, -0.15) is 0 Å². The van der Waals surface area contributed by atoms with Gasteiger partial charge in [0.05, 0.1) is 12.5 Å². The van der Waals surface area contributed by atoms with Gasteiger partial charge in [0.2, 0.25) is 5.91 Å². The highest BCUT2D eigenvalue weighted by Gasteiger charge is 2.35. The predicted octanol–water partition coefficient (Wildman–Crippen LogP) is 1.70. The molecule has 0 radical (unpaired) electrons. The van der Waals surface area contributed by atoms with Crippen LogP contribution in [0.15, 0.2) is 36.7 Å². The summed E-state index contributed by atoms with van der Waals surface area (Å²) in [5.74, 6) is 0.171. The van der Waals surface area contributed by atoms with Crippen molar-refractivity contribution in [1.29, 1.82) is 0 Å². The van der Waals surface area contributed by atoms with Crippen molar-refractivity contribution in [2.24, 2.45) is 0 Å². The SMILES string of the molecule is CC(c1ncc[nH]1)N1C(=O)Cc2ccccc2C1=O. The number of hydrogen-bond acceptors (Lipinski definition) is 3. The quantitative estimate of drug-likeness (QED) is 0.830. The Labute approximate surface area is 110 Å². The van der Waals surface area contributed by atoms with Crippen LogP contribution in [0.3, 0.4) is 0 Å². The summed E-state index contributed by atoms with van der Waals surface area (Å²) < 4.78 is 0. The first-order chi connectivity index (χ1) is 9.18. The van der Waals surface area contributed by atoms with E-state index in [1.807, 2.05) is 18.2 Å². The van der Waals surface area contributed by atoms with E-state index in [4.69, 9.17) is 0 Å². The van der Waals surface area contributed by atoms with Crippen LogP contribution in [0.2, 0.25) is 0 Å². The summed E-state index contributed by atoms with van der Waals surface area (Å²) in [6.45, 7) is 1.79. The van der Waals surface area contributed by atoms with E-state index in [1.54, 1.807) is 25.4 Å². The Hall–Kier alpha value is -2.43. The average molecular weight is 255 g/mol. The summed E-state index contributed by atoms with van der Waals surface area (Å²) >= 11 is 0. The molecular weight excluding hydrogens is 242 g/mol. The van der Waals surface area contributed by atoms with Crippen LogP contribution in [0, 0.1) is 0 Å². The molecule has 96 valence electrons. The minimum atomic E-state index is -0.386. The lowest BCUT2D eigenvalue weighted by Gasteiger charge is -2.30. The first kappa shape index (κ1) is 11.6. The van der Waals surface area contributed by atoms with Crippen molar-refractivity contribution < 1.29 is 9.59 Å². The first-order valence-electron chi connectivity index (χ1n) is 6.12. The minimum absolute atomic E-state index is 0.187. The molecule has 1 aromatic carbocycles. The molecule has 2 aromatic rings. The summed E-state index contributed by atoms with van der Waals surface area (Å²) in [6, 6.07) is 6.84. The molecular formula is C14H13N3O2. The number of nitrogens with one attached hydrogen (secondary N) is 1. The number of nitrogens with zero attached hydrogens (tertiary/aromatic N) is 2. The van der Waals surface area contributed by atoms with E-state index < -0.39 is 0 Å². The van der Waals surface area contributed by atoms with E-state index in [-0.39, 0.29) is 24.3 Å². The summed E-state index contributed by atoms with van der Waals surface area (Å²) in [6.07, 6.45) is 3.55. The number of imidazole rings is 1. The molecule has 2 heterocycles. The van der Waals surface area contributed by atoms with Crippen LogP contribution in [-0.2, 0) is 11.2 Å². The molecule has 1 aromatic heterocycles. The van der Waals surface area contributed by atoms with Gasteiger partial charge in [-0.3, -0.25) is 14.5 Å². The van der Waals surface area contributed by atoms with Gasteiger partial charge in [-0.05, 0) is 18.6 Å². The van der Waals surface area contributed by atoms with Crippen LogP contribution in [0.25, 0.3) is 0 Å². The fraction of sp³-hybridized carbons (Fsp3) is 0.214. The van der Waals surface area contributed by atoms with Crippen LogP contribution in [0.5, 0.6) is 0 Å². The van der Waals surface area contributed by atoms with E-state index in [0.717, 1.165) is 5.56 Å². The molecule has 0 saturated carbocycles. The van der Waals surface area contributed by atoms with Crippen molar-refractivity contribution in [2.75, 3.05) is 0 Å². The van der Waals surface area contributed by atoms with Crippen molar-refractivity contribution in [1.82, 2.24) is 14.9 Å². The minimum Gasteiger partial charge on any atom is -0.347 e. The molecule has 19 heavy (non-hydrogen) atoms. The standard InChI is InChI=1S/C14H13N3O2/c1-9(13-15-6-7-16-13)17-12(18)8-10-4-2-3-5-11(10)14(17)19/h2-7,9H,8H2,1H3,(H,15,16). The van der Waals surface area contributed by atoms with E-state index >= 15 is 0 Å². The molecule has 5 nitrogen and oxygen atoms in total. The molecule has 1 unspecified atom stereocenters. The highest BCUT2D eigenvalue weighted by Crippen LogP contribution is 2.26. The molecule has 1 atom stereocenters. The molecule has 1 N–H and O–H groups in total. The van der Waals surface area contributed by atoms with Gasteiger partial charge < -0.3 is 4.98 Å². The van der Waals surface area contributed by atoms with Crippen LogP contribution < -0.4 is 0 Å². The molecule has 1 aliphatic heterocycles. The topological polar surface area (TPSA) is 66.1 Å². The smallest absolute Gasteiger partial charge is 0.261 e. The fourth-order valence-electron chi connectivity index (χ4n) is 2.39. The zero-order valence-electron chi connectivity index (χ0n) is 10.5. The van der Waals surface area contributed by atoms with Crippen molar-refractivity contribution in [3.8, 4) is 0 Å². The van der Waals surface area contributed by atoms with Gasteiger partial charge in [0.1, 0.15) is 5.82 Å². The number of fused-ring (bicyclic) bond motifs is 1. The summed E-state index contributed by atoms with van der Waals surface area (Å²) in [5, 5.41) is 0. The second-order valence-corrected chi connectivity index (χ2v) is 4.55. The zero-order valence-corrected chi connectivity index (χ0v) is 10.5. The number of benzene rings is 1. The Bertz CT molecular complexity index is 634. The third-order valence-corrected chi connectivity index (χ3v) is 3.38. The van der Waals surface area contributed by atoms with E-state index in [2.05, 4.69) is 9.97 Å². The largest absolute Gasteiger partial charge is 0.347 e. The number of carbonyl (C=O) groups excluding carboxylic acids is 2. The van der Waals surface area contributed by atoms with Gasteiger partial charge in [-0.1, -0.05) is 18.2 Å². The number of imide groups is 1. The van der Waals surface area contributed by atoms with E-state index in [1.165, 1.54) is 4.90 Å². The van der Waals surface area contributed by atoms with E-state index in [9.17, 15) is 9.59 Å². The van der Waals surface area contributed by atoms with Gasteiger partial charge in [-0.15, -0.1) is 0 Å². The third-order valence-electron chi connectivity index (χ3n) is 3.38.